The van der Waals surface area contributed by atoms with Gasteiger partial charge in [0.25, 0.3) is 0 Å². The Labute approximate surface area is 164 Å². The van der Waals surface area contributed by atoms with Gasteiger partial charge >= 0.3 is 0 Å². The number of aromatic nitrogens is 2. The molecule has 140 valence electrons. The molecule has 0 amide bonds. The highest BCUT2D eigenvalue weighted by Crippen LogP contribution is 2.32. The van der Waals surface area contributed by atoms with Crippen LogP contribution in [0.2, 0.25) is 0 Å². The molecule has 0 aliphatic carbocycles. The average molecular weight is 370 g/mol. The topological polar surface area (TPSA) is 59.4 Å². The van der Waals surface area contributed by atoms with E-state index in [-0.39, 0.29) is 0 Å². The van der Waals surface area contributed by atoms with E-state index < -0.39 is 0 Å². The maximum absolute atomic E-state index is 5.92. The Morgan fingerprint density at radius 3 is 2.71 bits per heavy atom. The first kappa shape index (κ1) is 17.9. The lowest BCUT2D eigenvalue weighted by Gasteiger charge is -2.20. The Morgan fingerprint density at radius 2 is 1.89 bits per heavy atom. The van der Waals surface area contributed by atoms with Gasteiger partial charge in [-0.05, 0) is 73.4 Å². The number of amidine groups is 1. The van der Waals surface area contributed by atoms with Crippen molar-refractivity contribution in [3.8, 4) is 5.75 Å². The number of hydrogen-bond donors (Lipinski definition) is 1. The summed E-state index contributed by atoms with van der Waals surface area (Å²) < 4.78 is 5.92. The number of aliphatic imine (C=N–C) groups is 1. The molecule has 3 heterocycles. The number of hydrogen-bond acceptors (Lipinski definition) is 5. The summed E-state index contributed by atoms with van der Waals surface area (Å²) in [5.74, 6) is 1.54. The second-order valence-electron chi connectivity index (χ2n) is 6.77. The van der Waals surface area contributed by atoms with Gasteiger partial charge in [0.15, 0.2) is 5.84 Å². The molecule has 28 heavy (non-hydrogen) atoms. The molecule has 3 aromatic rings. The number of ether oxygens (including phenoxy) is 1. The molecule has 1 aliphatic rings. The molecular formula is C23H22N4O. The lowest BCUT2D eigenvalue weighted by atomic mass is 10.1. The Morgan fingerprint density at radius 1 is 1.04 bits per heavy atom. The van der Waals surface area contributed by atoms with Crippen LogP contribution < -0.4 is 10.1 Å². The van der Waals surface area contributed by atoms with Crippen molar-refractivity contribution in [1.82, 2.24) is 15.3 Å². The second-order valence-corrected chi connectivity index (χ2v) is 6.77. The summed E-state index contributed by atoms with van der Waals surface area (Å²) in [6.45, 7) is 6.84. The molecule has 1 aromatic carbocycles. The third kappa shape index (κ3) is 4.09. The highest BCUT2D eigenvalue weighted by atomic mass is 16.5. The van der Waals surface area contributed by atoms with Gasteiger partial charge in [0.2, 0.25) is 0 Å². The monoisotopic (exact) mass is 370 g/mol. The van der Waals surface area contributed by atoms with E-state index in [9.17, 15) is 0 Å². The normalized spacial score (nSPS) is 12.8. The molecule has 1 N–H and O–H groups in total. The van der Waals surface area contributed by atoms with Crippen molar-refractivity contribution in [1.29, 1.82) is 0 Å². The number of aryl methyl sites for hydroxylation is 2. The Kier molecular flexibility index (Phi) is 5.15. The van der Waals surface area contributed by atoms with Crippen molar-refractivity contribution in [2.24, 2.45) is 4.99 Å². The fourth-order valence-corrected chi connectivity index (χ4v) is 3.11. The first-order valence-corrected chi connectivity index (χ1v) is 9.33. The first-order valence-electron chi connectivity index (χ1n) is 9.33. The molecule has 0 radical (unpaired) electrons. The summed E-state index contributed by atoms with van der Waals surface area (Å²) in [7, 11) is 0. The van der Waals surface area contributed by atoms with E-state index in [0.29, 0.717) is 12.4 Å². The smallest absolute Gasteiger partial charge is 0.157 e. The minimum atomic E-state index is 0.656. The molecule has 1 aliphatic heterocycles. The summed E-state index contributed by atoms with van der Waals surface area (Å²) in [5.41, 5.74) is 5.83. The molecule has 0 saturated heterocycles. The largest absolute Gasteiger partial charge is 0.494 e. The van der Waals surface area contributed by atoms with E-state index in [1.807, 2.05) is 61.8 Å². The molecule has 0 atom stereocenters. The highest BCUT2D eigenvalue weighted by Gasteiger charge is 2.17. The zero-order valence-electron chi connectivity index (χ0n) is 15.9. The van der Waals surface area contributed by atoms with Gasteiger partial charge in [-0.3, -0.25) is 9.97 Å². The number of nitrogens with one attached hydrogen (secondary N) is 1. The zero-order valence-corrected chi connectivity index (χ0v) is 15.9. The quantitative estimate of drug-likeness (QED) is 0.651. The second kappa shape index (κ2) is 8.05. The summed E-state index contributed by atoms with van der Waals surface area (Å²) in [6.07, 6.45) is 7.34. The van der Waals surface area contributed by atoms with E-state index in [0.717, 1.165) is 46.8 Å². The van der Waals surface area contributed by atoms with Gasteiger partial charge in [0.1, 0.15) is 11.4 Å². The van der Waals surface area contributed by atoms with Crippen LogP contribution in [0, 0.1) is 6.92 Å². The number of pyridine rings is 2. The van der Waals surface area contributed by atoms with Crippen LogP contribution in [0.1, 0.15) is 28.8 Å². The van der Waals surface area contributed by atoms with Crippen LogP contribution in [0.5, 0.6) is 5.75 Å². The van der Waals surface area contributed by atoms with Crippen LogP contribution in [0.15, 0.2) is 72.6 Å². The molecule has 0 spiro atoms. The van der Waals surface area contributed by atoms with Crippen molar-refractivity contribution in [2.75, 3.05) is 6.61 Å². The standard InChI is InChI=1S/C23H22N4O/c1-16-7-12-25-22(14-16)23-26-17(2)20-15-19(5-6-21(20)27-23)28-13-3-4-18-8-10-24-11-9-18/h5-12,14-15H,2-4,13H2,1H3,(H,26,27). The fourth-order valence-electron chi connectivity index (χ4n) is 3.11. The fraction of sp³-hybridized carbons (Fsp3) is 0.174. The molecule has 5 nitrogen and oxygen atoms in total. The third-order valence-electron chi connectivity index (χ3n) is 4.58. The zero-order chi connectivity index (χ0) is 19.3. The van der Waals surface area contributed by atoms with Gasteiger partial charge in [0, 0.05) is 29.9 Å². The van der Waals surface area contributed by atoms with E-state index in [4.69, 9.17) is 9.73 Å². The molecule has 4 rings (SSSR count). The first-order chi connectivity index (χ1) is 13.7. The summed E-state index contributed by atoms with van der Waals surface area (Å²) in [5, 5.41) is 3.26. The highest BCUT2D eigenvalue weighted by molar-refractivity contribution is 6.06. The molecule has 0 bridgehead atoms. The third-order valence-corrected chi connectivity index (χ3v) is 4.58. The minimum Gasteiger partial charge on any atom is -0.494 e. The van der Waals surface area contributed by atoms with Crippen molar-refractivity contribution in [3.05, 3.63) is 90.0 Å². The van der Waals surface area contributed by atoms with E-state index in [1.165, 1.54) is 5.56 Å². The van der Waals surface area contributed by atoms with Gasteiger partial charge in [-0.15, -0.1) is 0 Å². The SMILES string of the molecule is C=C1NC(c2cc(C)ccn2)=Nc2ccc(OCCCc3ccncc3)cc21. The van der Waals surface area contributed by atoms with Crippen LogP contribution in [-0.2, 0) is 6.42 Å². The van der Waals surface area contributed by atoms with Crippen LogP contribution in [0.3, 0.4) is 0 Å². The van der Waals surface area contributed by atoms with Crippen LogP contribution in [0.4, 0.5) is 5.69 Å². The van der Waals surface area contributed by atoms with Crippen LogP contribution in [0.25, 0.3) is 5.70 Å². The molecule has 0 saturated carbocycles. The van der Waals surface area contributed by atoms with E-state index in [2.05, 4.69) is 21.9 Å². The number of rotatable bonds is 6. The molecular weight excluding hydrogens is 348 g/mol. The summed E-state index contributed by atoms with van der Waals surface area (Å²) in [4.78, 5) is 13.1. The maximum atomic E-state index is 5.92. The number of benzene rings is 1. The van der Waals surface area contributed by atoms with E-state index in [1.54, 1.807) is 6.20 Å². The van der Waals surface area contributed by atoms with Crippen molar-refractivity contribution >= 4 is 17.2 Å². The lowest BCUT2D eigenvalue weighted by Crippen LogP contribution is -2.26. The van der Waals surface area contributed by atoms with Gasteiger partial charge in [-0.25, -0.2) is 4.99 Å². The summed E-state index contributed by atoms with van der Waals surface area (Å²) in [6, 6.07) is 13.9. The number of fused-ring (bicyclic) bond motifs is 1. The van der Waals surface area contributed by atoms with Crippen LogP contribution in [-0.4, -0.2) is 22.4 Å². The molecule has 0 fully saturated rings. The van der Waals surface area contributed by atoms with Gasteiger partial charge in [0.05, 0.1) is 12.3 Å². The molecule has 0 unspecified atom stereocenters. The van der Waals surface area contributed by atoms with Crippen LogP contribution >= 0.6 is 0 Å². The molecule has 5 heteroatoms. The minimum absolute atomic E-state index is 0.656. The van der Waals surface area contributed by atoms with Gasteiger partial charge in [-0.1, -0.05) is 6.58 Å². The number of nitrogens with zero attached hydrogens (tertiary/aromatic N) is 3. The van der Waals surface area contributed by atoms with Crippen molar-refractivity contribution < 1.29 is 4.74 Å². The van der Waals surface area contributed by atoms with Crippen molar-refractivity contribution in [3.63, 3.8) is 0 Å². The predicted molar refractivity (Wildman–Crippen MR) is 112 cm³/mol. The Balaban J connectivity index is 1.44. The Hall–Kier alpha value is -3.47. The van der Waals surface area contributed by atoms with Crippen molar-refractivity contribution in [2.45, 2.75) is 19.8 Å². The average Bonchev–Trinajstić information content (AvgIpc) is 2.72. The predicted octanol–water partition coefficient (Wildman–Crippen LogP) is 4.45. The maximum Gasteiger partial charge on any atom is 0.157 e. The molecule has 2 aromatic heterocycles. The lowest BCUT2D eigenvalue weighted by molar-refractivity contribution is 0.311. The van der Waals surface area contributed by atoms with E-state index >= 15 is 0 Å². The summed E-state index contributed by atoms with van der Waals surface area (Å²) >= 11 is 0. The Bertz CT molecular complexity index is 1030. The van der Waals surface area contributed by atoms with Gasteiger partial charge < -0.3 is 10.1 Å². The van der Waals surface area contributed by atoms with Gasteiger partial charge in [-0.2, -0.15) is 0 Å².